The van der Waals surface area contributed by atoms with Gasteiger partial charge in [0.1, 0.15) is 23.2 Å². The predicted octanol–water partition coefficient (Wildman–Crippen LogP) is 5.83. The molecule has 2 aromatic rings. The molecule has 2 rings (SSSR count). The van der Waals surface area contributed by atoms with Crippen molar-refractivity contribution in [1.82, 2.24) is 0 Å². The zero-order valence-corrected chi connectivity index (χ0v) is 16.0. The minimum atomic E-state index is -5.15. The normalized spacial score (nSPS) is 13.0. The number of rotatable bonds is 7. The number of aldehydes is 1. The first-order chi connectivity index (χ1) is 13.9. The number of nitrogens with one attached hydrogen (secondary N) is 2. The Morgan fingerprint density at radius 1 is 1.00 bits per heavy atom. The third-order valence-corrected chi connectivity index (χ3v) is 4.13. The van der Waals surface area contributed by atoms with Gasteiger partial charge in [0.25, 0.3) is 0 Å². The lowest BCUT2D eigenvalue weighted by molar-refractivity contribution is -0.144. The fourth-order valence-corrected chi connectivity index (χ4v) is 2.74. The second kappa shape index (κ2) is 8.82. The third kappa shape index (κ3) is 5.15. The average molecular weight is 436 g/mol. The molecular formula is C19H18F6N2O3. The van der Waals surface area contributed by atoms with E-state index >= 15 is 0 Å². The minimum Gasteiger partial charge on any atom is -0.456 e. The highest BCUT2D eigenvalue weighted by Gasteiger charge is 2.43. The van der Waals surface area contributed by atoms with Crippen molar-refractivity contribution >= 4 is 17.7 Å². The summed E-state index contributed by atoms with van der Waals surface area (Å²) in [5.74, 6) is -2.37. The highest BCUT2D eigenvalue weighted by Crippen LogP contribution is 2.47. The molecule has 0 spiro atoms. The Balaban J connectivity index is 2.70. The van der Waals surface area contributed by atoms with Crippen LogP contribution in [-0.2, 0) is 22.0 Å². The Bertz CT molecular complexity index is 877. The topological polar surface area (TPSA) is 59.6 Å². The summed E-state index contributed by atoms with van der Waals surface area (Å²) in [5.41, 5.74) is -1.03. The summed E-state index contributed by atoms with van der Waals surface area (Å²) in [7, 11) is 2.60. The van der Waals surface area contributed by atoms with E-state index in [0.717, 1.165) is 7.11 Å². The predicted molar refractivity (Wildman–Crippen MR) is 97.6 cm³/mol. The summed E-state index contributed by atoms with van der Waals surface area (Å²) in [6, 6.07) is 4.71. The Hall–Kier alpha value is -2.95. The Labute approximate surface area is 167 Å². The molecule has 164 valence electrons. The molecule has 0 saturated carbocycles. The fraction of sp³-hybridized carbons (Fsp3) is 0.316. The van der Waals surface area contributed by atoms with E-state index in [1.165, 1.54) is 25.1 Å². The lowest BCUT2D eigenvalue weighted by Crippen LogP contribution is -2.15. The first-order valence-corrected chi connectivity index (χ1v) is 8.48. The van der Waals surface area contributed by atoms with Gasteiger partial charge in [-0.05, 0) is 35.9 Å². The highest BCUT2D eigenvalue weighted by molar-refractivity contribution is 5.69. The van der Waals surface area contributed by atoms with E-state index in [0.29, 0.717) is 29.7 Å². The monoisotopic (exact) mass is 436 g/mol. The second-order valence-corrected chi connectivity index (χ2v) is 6.23. The molecule has 1 unspecified atom stereocenters. The number of hydrogen-bond acceptors (Lipinski definition) is 5. The summed E-state index contributed by atoms with van der Waals surface area (Å²) in [4.78, 5) is 15.6. The van der Waals surface area contributed by atoms with E-state index in [2.05, 4.69) is 10.2 Å². The first-order valence-electron chi connectivity index (χ1n) is 8.48. The van der Waals surface area contributed by atoms with Gasteiger partial charge in [-0.1, -0.05) is 6.92 Å². The summed E-state index contributed by atoms with van der Waals surface area (Å²) in [5, 5.41) is 2.80. The van der Waals surface area contributed by atoms with Gasteiger partial charge in [0.05, 0.1) is 12.8 Å². The molecule has 0 bridgehead atoms. The summed E-state index contributed by atoms with van der Waals surface area (Å²) >= 11 is 0. The molecule has 5 nitrogen and oxygen atoms in total. The van der Waals surface area contributed by atoms with Crippen LogP contribution in [0.4, 0.5) is 37.7 Å². The van der Waals surface area contributed by atoms with Crippen molar-refractivity contribution in [1.29, 1.82) is 0 Å². The van der Waals surface area contributed by atoms with Crippen LogP contribution in [-0.4, -0.2) is 20.4 Å². The first kappa shape index (κ1) is 23.3. The van der Waals surface area contributed by atoms with Gasteiger partial charge >= 0.3 is 12.4 Å². The van der Waals surface area contributed by atoms with E-state index in [1.807, 2.05) is 5.48 Å². The SMILES string of the molecule is CNc1ccc(Oc2c(C(F)(F)F)cc(NOC)cc2C(F)(F)F)cc1C(C)C=O. The van der Waals surface area contributed by atoms with Gasteiger partial charge in [0.15, 0.2) is 5.75 Å². The number of alkyl halides is 6. The molecule has 0 amide bonds. The molecule has 0 radical (unpaired) electrons. The summed E-state index contributed by atoms with van der Waals surface area (Å²) in [6.07, 6.45) is -9.71. The van der Waals surface area contributed by atoms with Crippen LogP contribution in [0.5, 0.6) is 11.5 Å². The van der Waals surface area contributed by atoms with Crippen molar-refractivity contribution in [3.05, 3.63) is 47.0 Å². The number of carbonyl (C=O) groups is 1. The number of carbonyl (C=O) groups excluding carboxylic acids is 1. The van der Waals surface area contributed by atoms with Crippen molar-refractivity contribution < 1.29 is 40.7 Å². The average Bonchev–Trinajstić information content (AvgIpc) is 2.66. The maximum absolute atomic E-state index is 13.5. The molecule has 2 N–H and O–H groups in total. The van der Waals surface area contributed by atoms with Crippen molar-refractivity contribution in [2.75, 3.05) is 25.0 Å². The van der Waals surface area contributed by atoms with E-state index in [9.17, 15) is 31.1 Å². The molecule has 11 heteroatoms. The third-order valence-electron chi connectivity index (χ3n) is 4.13. The quantitative estimate of drug-likeness (QED) is 0.325. The van der Waals surface area contributed by atoms with Crippen LogP contribution in [0, 0.1) is 0 Å². The van der Waals surface area contributed by atoms with Crippen LogP contribution in [0.2, 0.25) is 0 Å². The maximum Gasteiger partial charge on any atom is 0.420 e. The summed E-state index contributed by atoms with van der Waals surface area (Å²) < 4.78 is 86.4. The van der Waals surface area contributed by atoms with Crippen LogP contribution >= 0.6 is 0 Å². The van der Waals surface area contributed by atoms with Gasteiger partial charge in [-0.25, -0.2) is 0 Å². The molecule has 1 atom stereocenters. The standard InChI is InChI=1S/C19H18F6N2O3/c1-10(9-28)13-8-12(4-5-16(13)26-2)30-17-14(18(20,21)22)6-11(27-29-3)7-15(17)19(23,24)25/h4-10,26-27H,1-3H3. The Morgan fingerprint density at radius 2 is 1.57 bits per heavy atom. The van der Waals surface area contributed by atoms with Crippen molar-refractivity contribution in [3.63, 3.8) is 0 Å². The van der Waals surface area contributed by atoms with E-state index in [-0.39, 0.29) is 5.75 Å². The Morgan fingerprint density at radius 3 is 2.00 bits per heavy atom. The number of halogens is 6. The number of benzene rings is 2. The minimum absolute atomic E-state index is 0.291. The zero-order chi connectivity index (χ0) is 22.7. The van der Waals surface area contributed by atoms with Crippen molar-refractivity contribution in [2.24, 2.45) is 0 Å². The van der Waals surface area contributed by atoms with Crippen LogP contribution in [0.15, 0.2) is 30.3 Å². The molecule has 0 aliphatic carbocycles. The van der Waals surface area contributed by atoms with Crippen LogP contribution in [0.25, 0.3) is 0 Å². The Kier molecular flexibility index (Phi) is 6.86. The molecule has 2 aromatic carbocycles. The molecule has 0 aliphatic rings. The van der Waals surface area contributed by atoms with Gasteiger partial charge in [-0.15, -0.1) is 0 Å². The number of ether oxygens (including phenoxy) is 1. The summed E-state index contributed by atoms with van der Waals surface area (Å²) in [6.45, 7) is 1.53. The molecular weight excluding hydrogens is 418 g/mol. The molecule has 0 fully saturated rings. The lowest BCUT2D eigenvalue weighted by atomic mass is 10.00. The van der Waals surface area contributed by atoms with Crippen molar-refractivity contribution in [2.45, 2.75) is 25.2 Å². The van der Waals surface area contributed by atoms with Gasteiger partial charge in [-0.3, -0.25) is 10.3 Å². The second-order valence-electron chi connectivity index (χ2n) is 6.23. The van der Waals surface area contributed by atoms with Gasteiger partial charge in [-0.2, -0.15) is 26.3 Å². The number of anilines is 2. The van der Waals surface area contributed by atoms with Crippen LogP contribution < -0.4 is 15.5 Å². The van der Waals surface area contributed by atoms with Crippen LogP contribution in [0.3, 0.4) is 0 Å². The molecule has 30 heavy (non-hydrogen) atoms. The van der Waals surface area contributed by atoms with Crippen molar-refractivity contribution in [3.8, 4) is 11.5 Å². The van der Waals surface area contributed by atoms with E-state index in [4.69, 9.17) is 4.74 Å². The number of hydrogen-bond donors (Lipinski definition) is 2. The zero-order valence-electron chi connectivity index (χ0n) is 16.0. The van der Waals surface area contributed by atoms with Gasteiger partial charge < -0.3 is 14.8 Å². The highest BCUT2D eigenvalue weighted by atomic mass is 19.4. The van der Waals surface area contributed by atoms with E-state index in [1.54, 1.807) is 7.05 Å². The van der Waals surface area contributed by atoms with Crippen LogP contribution in [0.1, 0.15) is 29.5 Å². The molecule has 0 saturated heterocycles. The van der Waals surface area contributed by atoms with Gasteiger partial charge in [0, 0.05) is 18.7 Å². The molecule has 0 aliphatic heterocycles. The van der Waals surface area contributed by atoms with Gasteiger partial charge in [0.2, 0.25) is 0 Å². The smallest absolute Gasteiger partial charge is 0.420 e. The fourth-order valence-electron chi connectivity index (χ4n) is 2.74. The maximum atomic E-state index is 13.5. The van der Waals surface area contributed by atoms with E-state index < -0.39 is 40.8 Å². The largest absolute Gasteiger partial charge is 0.456 e. The molecule has 0 aromatic heterocycles. The lowest BCUT2D eigenvalue weighted by Gasteiger charge is -2.21. The molecule has 0 heterocycles.